The van der Waals surface area contributed by atoms with Crippen molar-refractivity contribution in [2.45, 2.75) is 96.4 Å². The predicted octanol–water partition coefficient (Wildman–Crippen LogP) is 6.91. The highest BCUT2D eigenvalue weighted by atomic mass is 19.3. The number of likely N-dealkylation sites (tertiary alicyclic amines) is 1. The molecule has 1 aliphatic heterocycles. The van der Waals surface area contributed by atoms with Gasteiger partial charge >= 0.3 is 12.6 Å². The highest BCUT2D eigenvalue weighted by Crippen LogP contribution is 2.42. The highest BCUT2D eigenvalue weighted by Gasteiger charge is 2.39. The van der Waals surface area contributed by atoms with Crippen LogP contribution in [0.2, 0.25) is 0 Å². The molecule has 46 heavy (non-hydrogen) atoms. The van der Waals surface area contributed by atoms with Gasteiger partial charge in [-0.15, -0.1) is 0 Å². The van der Waals surface area contributed by atoms with Crippen molar-refractivity contribution in [3.05, 3.63) is 82.9 Å². The Morgan fingerprint density at radius 3 is 2.46 bits per heavy atom. The Hall–Kier alpha value is -3.37. The molecule has 0 radical (unpaired) electrons. The summed E-state index contributed by atoms with van der Waals surface area (Å²) < 4.78 is 51.7. The lowest BCUT2D eigenvalue weighted by Crippen LogP contribution is -2.40. The zero-order chi connectivity index (χ0) is 32.8. The van der Waals surface area contributed by atoms with E-state index in [1.807, 2.05) is 26.8 Å². The Morgan fingerprint density at radius 2 is 1.80 bits per heavy atom. The molecule has 10 heteroatoms. The van der Waals surface area contributed by atoms with Crippen molar-refractivity contribution in [2.24, 2.45) is 5.92 Å². The first-order chi connectivity index (χ1) is 22.0. The fraction of sp³-hybridized carbons (Fsp3) is 0.556. The van der Waals surface area contributed by atoms with E-state index in [1.165, 1.54) is 11.8 Å². The quantitative estimate of drug-likeness (QED) is 0.217. The molecule has 7 nitrogen and oxygen atoms in total. The van der Waals surface area contributed by atoms with Crippen LogP contribution in [0.25, 0.3) is 0 Å². The maximum atomic E-state index is 14.2. The van der Waals surface area contributed by atoms with E-state index >= 15 is 0 Å². The number of hydrogen-bond acceptors (Lipinski definition) is 6. The van der Waals surface area contributed by atoms with Gasteiger partial charge in [-0.3, -0.25) is 9.48 Å². The molecular weight excluding hydrogens is 593 g/mol. The summed E-state index contributed by atoms with van der Waals surface area (Å²) in [6.45, 7) is 9.04. The van der Waals surface area contributed by atoms with Gasteiger partial charge in [-0.2, -0.15) is 13.9 Å². The number of benzene rings is 2. The number of aromatic nitrogens is 2. The maximum absolute atomic E-state index is 14.2. The van der Waals surface area contributed by atoms with Crippen LogP contribution in [0.4, 0.5) is 13.2 Å². The monoisotopic (exact) mass is 640 g/mol. The molecule has 2 aliphatic rings. The smallest absolute Gasteiger partial charge is 0.387 e. The molecule has 1 N–H and O–H groups in total. The van der Waals surface area contributed by atoms with Crippen LogP contribution in [-0.2, 0) is 22.5 Å². The summed E-state index contributed by atoms with van der Waals surface area (Å²) in [5.74, 6) is 0.445. The molecular formula is C36H47F3N4O3. The number of nitrogens with zero attached hydrogens (tertiary/aromatic N) is 3. The number of carbonyl (C=O) groups excluding carboxylic acids is 1. The molecule has 1 aromatic heterocycles. The number of aryl methyl sites for hydroxylation is 1. The molecule has 0 amide bonds. The molecule has 0 unspecified atom stereocenters. The second-order valence-corrected chi connectivity index (χ2v) is 13.8. The van der Waals surface area contributed by atoms with Crippen LogP contribution < -0.4 is 10.1 Å². The van der Waals surface area contributed by atoms with Crippen molar-refractivity contribution in [1.29, 1.82) is 0 Å². The van der Waals surface area contributed by atoms with Gasteiger partial charge in [0.25, 0.3) is 0 Å². The van der Waals surface area contributed by atoms with Gasteiger partial charge in [-0.05, 0) is 120 Å². The molecule has 250 valence electrons. The first kappa shape index (κ1) is 34.0. The standard InChI is InChI=1S/C36H47F3N4O3/c1-5-43-33(20-29(41-43)17-24-9-11-30(12-10-24)46-35(38)39)25-13-15-42(16-14-25)23-27-19-31(45-34(44)22-40-36(2,3)4)21-32(27)26-7-6-8-28(37)18-26/h6-12,18,20,25,27,31-32,35,40H,5,13-17,19,21-23H2,1-4H3/t27-,31+,32-/m1/s1. The maximum Gasteiger partial charge on any atom is 0.387 e. The molecule has 1 aliphatic carbocycles. The number of carbonyl (C=O) groups is 1. The average molecular weight is 641 g/mol. The van der Waals surface area contributed by atoms with Crippen LogP contribution in [0.15, 0.2) is 54.6 Å². The number of nitrogens with one attached hydrogen (secondary N) is 1. The second-order valence-electron chi connectivity index (χ2n) is 13.8. The molecule has 2 heterocycles. The number of piperidine rings is 1. The van der Waals surface area contributed by atoms with Crippen molar-refractivity contribution in [3.63, 3.8) is 0 Å². The summed E-state index contributed by atoms with van der Waals surface area (Å²) in [4.78, 5) is 15.1. The fourth-order valence-corrected chi connectivity index (χ4v) is 6.98. The van der Waals surface area contributed by atoms with Crippen molar-refractivity contribution < 1.29 is 27.4 Å². The minimum absolute atomic E-state index is 0.127. The van der Waals surface area contributed by atoms with Gasteiger partial charge in [0.1, 0.15) is 17.7 Å². The van der Waals surface area contributed by atoms with Gasteiger partial charge in [-0.1, -0.05) is 24.3 Å². The van der Waals surface area contributed by atoms with E-state index in [2.05, 4.69) is 32.6 Å². The van der Waals surface area contributed by atoms with Gasteiger partial charge in [0.2, 0.25) is 0 Å². The van der Waals surface area contributed by atoms with Crippen LogP contribution in [0, 0.1) is 11.7 Å². The fourth-order valence-electron chi connectivity index (χ4n) is 6.98. The molecule has 3 atom stereocenters. The molecule has 1 saturated carbocycles. The Kier molecular flexibility index (Phi) is 11.1. The molecule has 2 aromatic carbocycles. The van der Waals surface area contributed by atoms with E-state index in [1.54, 1.807) is 36.4 Å². The second kappa shape index (κ2) is 15.0. The Bertz CT molecular complexity index is 1430. The minimum atomic E-state index is -2.84. The van der Waals surface area contributed by atoms with Gasteiger partial charge in [0.05, 0.1) is 12.2 Å². The van der Waals surface area contributed by atoms with E-state index in [0.717, 1.165) is 62.3 Å². The number of hydrogen-bond donors (Lipinski definition) is 1. The first-order valence-corrected chi connectivity index (χ1v) is 16.5. The molecule has 5 rings (SSSR count). The number of rotatable bonds is 12. The van der Waals surface area contributed by atoms with E-state index in [0.29, 0.717) is 18.8 Å². The van der Waals surface area contributed by atoms with Crippen LogP contribution in [0.1, 0.15) is 87.7 Å². The molecule has 0 spiro atoms. The lowest BCUT2D eigenvalue weighted by molar-refractivity contribution is -0.148. The van der Waals surface area contributed by atoms with Gasteiger partial charge in [-0.25, -0.2) is 4.39 Å². The summed E-state index contributed by atoms with van der Waals surface area (Å²) in [7, 11) is 0. The zero-order valence-electron chi connectivity index (χ0n) is 27.4. The average Bonchev–Trinajstić information content (AvgIpc) is 3.60. The summed E-state index contributed by atoms with van der Waals surface area (Å²) in [5.41, 5.74) is 3.99. The van der Waals surface area contributed by atoms with Crippen molar-refractivity contribution >= 4 is 5.97 Å². The number of alkyl halides is 2. The van der Waals surface area contributed by atoms with Crippen LogP contribution >= 0.6 is 0 Å². The molecule has 1 saturated heterocycles. The van der Waals surface area contributed by atoms with Crippen LogP contribution in [-0.4, -0.2) is 65.1 Å². The summed E-state index contributed by atoms with van der Waals surface area (Å²) in [6.07, 6.45) is 3.93. The highest BCUT2D eigenvalue weighted by molar-refractivity contribution is 5.72. The summed E-state index contributed by atoms with van der Waals surface area (Å²) in [6, 6.07) is 15.8. The van der Waals surface area contributed by atoms with Crippen molar-refractivity contribution in [2.75, 3.05) is 26.2 Å². The van der Waals surface area contributed by atoms with Gasteiger partial charge in [0, 0.05) is 36.7 Å². The third kappa shape index (κ3) is 9.35. The van der Waals surface area contributed by atoms with E-state index in [9.17, 15) is 18.0 Å². The predicted molar refractivity (Wildman–Crippen MR) is 172 cm³/mol. The summed E-state index contributed by atoms with van der Waals surface area (Å²) in [5, 5.41) is 8.06. The van der Waals surface area contributed by atoms with Crippen molar-refractivity contribution in [3.8, 4) is 5.75 Å². The largest absolute Gasteiger partial charge is 0.461 e. The van der Waals surface area contributed by atoms with Crippen molar-refractivity contribution in [1.82, 2.24) is 20.0 Å². The number of ether oxygens (including phenoxy) is 2. The van der Waals surface area contributed by atoms with E-state index in [4.69, 9.17) is 9.84 Å². The SMILES string of the molecule is CCn1nc(Cc2ccc(OC(F)F)cc2)cc1C1CCN(C[C@H]2C[C@H](OC(=O)CNC(C)(C)C)C[C@@H]2c2cccc(F)c2)CC1. The minimum Gasteiger partial charge on any atom is -0.461 e. The Labute approximate surface area is 270 Å². The van der Waals surface area contributed by atoms with Gasteiger partial charge < -0.3 is 19.7 Å². The normalized spacial score (nSPS) is 21.2. The van der Waals surface area contributed by atoms with Crippen LogP contribution in [0.5, 0.6) is 5.75 Å². The number of halogens is 3. The lowest BCUT2D eigenvalue weighted by Gasteiger charge is -2.35. The van der Waals surface area contributed by atoms with E-state index < -0.39 is 6.61 Å². The molecule has 2 fully saturated rings. The van der Waals surface area contributed by atoms with Gasteiger partial charge in [0.15, 0.2) is 0 Å². The Balaban J connectivity index is 1.19. The zero-order valence-corrected chi connectivity index (χ0v) is 27.4. The Morgan fingerprint density at radius 1 is 1.07 bits per heavy atom. The lowest BCUT2D eigenvalue weighted by atomic mass is 9.87. The first-order valence-electron chi connectivity index (χ1n) is 16.5. The third-order valence-corrected chi connectivity index (χ3v) is 9.18. The third-order valence-electron chi connectivity index (χ3n) is 9.18. The molecule has 3 aromatic rings. The number of esters is 1. The van der Waals surface area contributed by atoms with E-state index in [-0.39, 0.29) is 47.6 Å². The van der Waals surface area contributed by atoms with Crippen LogP contribution in [0.3, 0.4) is 0 Å². The topological polar surface area (TPSA) is 68.6 Å². The molecule has 0 bridgehead atoms. The summed E-state index contributed by atoms with van der Waals surface area (Å²) >= 11 is 0.